The first-order valence-corrected chi connectivity index (χ1v) is 9.02. The molecular weight excluding hydrogens is 282 g/mol. The van der Waals surface area contributed by atoms with Gasteiger partial charge in [0.15, 0.2) is 0 Å². The number of likely N-dealkylation sites (tertiary alicyclic amines) is 1. The fourth-order valence-corrected chi connectivity index (χ4v) is 4.28. The van der Waals surface area contributed by atoms with Crippen molar-refractivity contribution >= 4 is 17.3 Å². The zero-order chi connectivity index (χ0) is 15.2. The van der Waals surface area contributed by atoms with Gasteiger partial charge in [0, 0.05) is 22.3 Å². The third kappa shape index (κ3) is 4.30. The monoisotopic (exact) mass is 309 g/mol. The van der Waals surface area contributed by atoms with Gasteiger partial charge in [-0.25, -0.2) is 0 Å². The molecule has 21 heavy (non-hydrogen) atoms. The van der Waals surface area contributed by atoms with E-state index in [0.717, 1.165) is 32.2 Å². The number of nitrogens with zero attached hydrogens (tertiary/aromatic N) is 1. The van der Waals surface area contributed by atoms with Crippen LogP contribution >= 0.6 is 11.3 Å². The standard InChI is InChI=1S/C17H27NO2S/c1-3-5-8-15(16-10-9-14(4-2)21-16)18-11-6-7-13(12-18)17(19)20/h9-10,13,15H,3-8,11-12H2,1-2H3,(H,19,20). The highest BCUT2D eigenvalue weighted by molar-refractivity contribution is 7.12. The summed E-state index contributed by atoms with van der Waals surface area (Å²) in [7, 11) is 0. The van der Waals surface area contributed by atoms with E-state index in [9.17, 15) is 9.90 Å². The summed E-state index contributed by atoms with van der Waals surface area (Å²) in [6.45, 7) is 6.16. The molecule has 1 N–H and O–H groups in total. The van der Waals surface area contributed by atoms with E-state index in [1.807, 2.05) is 11.3 Å². The normalized spacial score (nSPS) is 21.3. The van der Waals surface area contributed by atoms with Gasteiger partial charge < -0.3 is 5.11 Å². The largest absolute Gasteiger partial charge is 0.481 e. The molecule has 2 rings (SSSR count). The van der Waals surface area contributed by atoms with Crippen LogP contribution in [0.25, 0.3) is 0 Å². The Hall–Kier alpha value is -0.870. The van der Waals surface area contributed by atoms with E-state index in [1.165, 1.54) is 22.6 Å². The molecule has 0 bridgehead atoms. The van der Waals surface area contributed by atoms with E-state index in [2.05, 4.69) is 30.9 Å². The number of piperidine rings is 1. The van der Waals surface area contributed by atoms with Crippen LogP contribution in [0.5, 0.6) is 0 Å². The second-order valence-electron chi connectivity index (χ2n) is 5.99. The maximum atomic E-state index is 11.3. The summed E-state index contributed by atoms with van der Waals surface area (Å²) in [5.41, 5.74) is 0. The first kappa shape index (κ1) is 16.5. The molecule has 1 aliphatic rings. The van der Waals surface area contributed by atoms with Crippen molar-refractivity contribution in [2.75, 3.05) is 13.1 Å². The summed E-state index contributed by atoms with van der Waals surface area (Å²) in [6, 6.07) is 4.91. The lowest BCUT2D eigenvalue weighted by molar-refractivity contribution is -0.144. The number of rotatable bonds is 7. The minimum Gasteiger partial charge on any atom is -0.481 e. The SMILES string of the molecule is CCCCC(c1ccc(CC)s1)N1CCCC(C(=O)O)C1. The molecule has 0 spiro atoms. The van der Waals surface area contributed by atoms with Gasteiger partial charge in [-0.05, 0) is 44.4 Å². The zero-order valence-corrected chi connectivity index (χ0v) is 14.0. The Morgan fingerprint density at radius 2 is 2.29 bits per heavy atom. The average molecular weight is 309 g/mol. The lowest BCUT2D eigenvalue weighted by Gasteiger charge is -2.36. The van der Waals surface area contributed by atoms with Crippen molar-refractivity contribution in [3.8, 4) is 0 Å². The number of carbonyl (C=O) groups is 1. The van der Waals surface area contributed by atoms with Crippen molar-refractivity contribution in [1.29, 1.82) is 0 Å². The van der Waals surface area contributed by atoms with Gasteiger partial charge in [0.25, 0.3) is 0 Å². The number of unbranched alkanes of at least 4 members (excludes halogenated alkanes) is 1. The molecule has 118 valence electrons. The summed E-state index contributed by atoms with van der Waals surface area (Å²) >= 11 is 1.91. The number of thiophene rings is 1. The molecular formula is C17H27NO2S. The minimum absolute atomic E-state index is 0.187. The zero-order valence-electron chi connectivity index (χ0n) is 13.2. The lowest BCUT2D eigenvalue weighted by Crippen LogP contribution is -2.40. The van der Waals surface area contributed by atoms with Crippen LogP contribution in [0.4, 0.5) is 0 Å². The predicted molar refractivity (Wildman–Crippen MR) is 87.9 cm³/mol. The summed E-state index contributed by atoms with van der Waals surface area (Å²) in [5, 5.41) is 9.30. The van der Waals surface area contributed by atoms with Crippen molar-refractivity contribution in [1.82, 2.24) is 4.90 Å². The number of hydrogen-bond acceptors (Lipinski definition) is 3. The topological polar surface area (TPSA) is 40.5 Å². The van der Waals surface area contributed by atoms with E-state index >= 15 is 0 Å². The quantitative estimate of drug-likeness (QED) is 0.814. The molecule has 0 aromatic carbocycles. The van der Waals surface area contributed by atoms with Gasteiger partial charge in [-0.3, -0.25) is 9.69 Å². The van der Waals surface area contributed by atoms with E-state index in [-0.39, 0.29) is 5.92 Å². The molecule has 1 aliphatic heterocycles. The summed E-state index contributed by atoms with van der Waals surface area (Å²) in [5.74, 6) is -0.817. The van der Waals surface area contributed by atoms with Gasteiger partial charge in [0.2, 0.25) is 0 Å². The molecule has 1 saturated heterocycles. The van der Waals surface area contributed by atoms with Crippen molar-refractivity contribution in [2.45, 2.75) is 58.4 Å². The Balaban J connectivity index is 2.12. The van der Waals surface area contributed by atoms with Crippen LogP contribution in [-0.4, -0.2) is 29.1 Å². The van der Waals surface area contributed by atoms with Gasteiger partial charge in [-0.1, -0.05) is 26.7 Å². The Morgan fingerprint density at radius 1 is 1.48 bits per heavy atom. The Labute approximate surface area is 132 Å². The lowest BCUT2D eigenvalue weighted by atomic mass is 9.95. The van der Waals surface area contributed by atoms with Crippen molar-refractivity contribution in [3.63, 3.8) is 0 Å². The van der Waals surface area contributed by atoms with Crippen LogP contribution in [0.2, 0.25) is 0 Å². The number of hydrogen-bond donors (Lipinski definition) is 1. The molecule has 1 aromatic heterocycles. The van der Waals surface area contributed by atoms with Gasteiger partial charge in [-0.2, -0.15) is 0 Å². The maximum Gasteiger partial charge on any atom is 0.307 e. The molecule has 1 aromatic rings. The number of carboxylic acids is 1. The van der Waals surface area contributed by atoms with E-state index in [0.29, 0.717) is 12.6 Å². The van der Waals surface area contributed by atoms with Gasteiger partial charge in [-0.15, -0.1) is 11.3 Å². The molecule has 1 fully saturated rings. The minimum atomic E-state index is -0.630. The fourth-order valence-electron chi connectivity index (χ4n) is 3.16. The van der Waals surface area contributed by atoms with Crippen molar-refractivity contribution in [3.05, 3.63) is 21.9 Å². The first-order chi connectivity index (χ1) is 10.2. The third-order valence-corrected chi connectivity index (χ3v) is 5.76. The van der Waals surface area contributed by atoms with Gasteiger partial charge in [0.05, 0.1) is 5.92 Å². The summed E-state index contributed by atoms with van der Waals surface area (Å²) in [4.78, 5) is 16.6. The number of carboxylic acid groups (broad SMARTS) is 1. The molecule has 4 heteroatoms. The maximum absolute atomic E-state index is 11.3. The highest BCUT2D eigenvalue weighted by atomic mass is 32.1. The fraction of sp³-hybridized carbons (Fsp3) is 0.706. The Kier molecular flexibility index (Phi) is 6.24. The highest BCUT2D eigenvalue weighted by Crippen LogP contribution is 2.34. The average Bonchev–Trinajstić information content (AvgIpc) is 2.97. The second-order valence-corrected chi connectivity index (χ2v) is 7.19. The Bertz CT molecular complexity index is 457. The molecule has 0 saturated carbocycles. The van der Waals surface area contributed by atoms with E-state index < -0.39 is 5.97 Å². The third-order valence-electron chi connectivity index (χ3n) is 4.43. The Morgan fingerprint density at radius 3 is 2.90 bits per heavy atom. The molecule has 3 nitrogen and oxygen atoms in total. The number of aryl methyl sites for hydroxylation is 1. The van der Waals surface area contributed by atoms with E-state index in [1.54, 1.807) is 0 Å². The predicted octanol–water partition coefficient (Wildman–Crippen LogP) is 4.34. The molecule has 0 aliphatic carbocycles. The van der Waals surface area contributed by atoms with Crippen LogP contribution in [0, 0.1) is 5.92 Å². The molecule has 2 atom stereocenters. The highest BCUT2D eigenvalue weighted by Gasteiger charge is 2.30. The molecule has 0 amide bonds. The van der Waals surface area contributed by atoms with Crippen LogP contribution in [0.3, 0.4) is 0 Å². The van der Waals surface area contributed by atoms with Crippen LogP contribution in [-0.2, 0) is 11.2 Å². The molecule has 2 unspecified atom stereocenters. The molecule has 2 heterocycles. The van der Waals surface area contributed by atoms with Crippen LogP contribution in [0.15, 0.2) is 12.1 Å². The van der Waals surface area contributed by atoms with E-state index in [4.69, 9.17) is 0 Å². The van der Waals surface area contributed by atoms with Gasteiger partial charge >= 0.3 is 5.97 Å². The van der Waals surface area contributed by atoms with Crippen molar-refractivity contribution < 1.29 is 9.90 Å². The summed E-state index contributed by atoms with van der Waals surface area (Å²) in [6.07, 6.45) is 6.47. The smallest absolute Gasteiger partial charge is 0.307 e. The van der Waals surface area contributed by atoms with Crippen molar-refractivity contribution in [2.24, 2.45) is 5.92 Å². The van der Waals surface area contributed by atoms with Crippen LogP contribution in [0.1, 0.15) is 61.7 Å². The molecule has 0 radical (unpaired) electrons. The van der Waals surface area contributed by atoms with Gasteiger partial charge in [0.1, 0.15) is 0 Å². The summed E-state index contributed by atoms with van der Waals surface area (Å²) < 4.78 is 0. The first-order valence-electron chi connectivity index (χ1n) is 8.21. The number of aliphatic carboxylic acids is 1. The van der Waals surface area contributed by atoms with Crippen LogP contribution < -0.4 is 0 Å². The second kappa shape index (κ2) is 7.95.